The molecule has 0 bridgehead atoms. The normalized spacial score (nSPS) is 19.5. The fourth-order valence-electron chi connectivity index (χ4n) is 1.73. The fourth-order valence-corrected chi connectivity index (χ4v) is 2.10. The minimum atomic E-state index is -0.284. The number of phenolic OH excluding ortho intramolecular Hbond substituents is 1. The number of rotatable bonds is 1. The molecule has 0 atom stereocenters. The molecule has 1 aliphatic rings. The van der Waals surface area contributed by atoms with Crippen molar-refractivity contribution in [1.29, 1.82) is 0 Å². The van der Waals surface area contributed by atoms with Crippen LogP contribution in [0.2, 0.25) is 0 Å². The van der Waals surface area contributed by atoms with Gasteiger partial charge in [0.1, 0.15) is 5.75 Å². The third-order valence-corrected chi connectivity index (χ3v) is 3.23. The summed E-state index contributed by atoms with van der Waals surface area (Å²) in [5.74, 6) is 0.311. The maximum atomic E-state index is 9.63. The second-order valence-electron chi connectivity index (χ2n) is 3.67. The number of phenols is 1. The first kappa shape index (κ1) is 9.03. The van der Waals surface area contributed by atoms with Gasteiger partial charge in [0, 0.05) is 15.6 Å². The van der Waals surface area contributed by atoms with Gasteiger partial charge in [-0.25, -0.2) is 0 Å². The molecular weight excluding hydrogens is 230 g/mol. The average Bonchev–Trinajstić information content (AvgIpc) is 2.05. The quantitative estimate of drug-likeness (QED) is 0.794. The van der Waals surface area contributed by atoms with Crippen LogP contribution < -0.4 is 5.73 Å². The minimum Gasteiger partial charge on any atom is -0.508 e. The van der Waals surface area contributed by atoms with Crippen LogP contribution in [0.3, 0.4) is 0 Å². The summed E-state index contributed by atoms with van der Waals surface area (Å²) < 4.78 is 0.969. The standard InChI is InChI=1S/C10H12BrNO/c11-7-2-3-9(13)8(6-7)10(12)4-1-5-10/h2-3,6,13H,1,4-5,12H2. The van der Waals surface area contributed by atoms with E-state index in [9.17, 15) is 5.11 Å². The van der Waals surface area contributed by atoms with Gasteiger partial charge in [0.15, 0.2) is 0 Å². The number of aromatic hydroxyl groups is 1. The molecular formula is C10H12BrNO. The summed E-state index contributed by atoms with van der Waals surface area (Å²) in [7, 11) is 0. The van der Waals surface area contributed by atoms with Crippen LogP contribution in [0.5, 0.6) is 5.75 Å². The molecule has 0 unspecified atom stereocenters. The van der Waals surface area contributed by atoms with Crippen molar-refractivity contribution >= 4 is 15.9 Å². The van der Waals surface area contributed by atoms with Gasteiger partial charge in [-0.15, -0.1) is 0 Å². The Kier molecular flexibility index (Phi) is 2.08. The SMILES string of the molecule is NC1(c2cc(Br)ccc2O)CCC1. The molecule has 1 saturated carbocycles. The second kappa shape index (κ2) is 3.00. The molecule has 70 valence electrons. The third-order valence-electron chi connectivity index (χ3n) is 2.74. The van der Waals surface area contributed by atoms with Gasteiger partial charge in [-0.2, -0.15) is 0 Å². The van der Waals surface area contributed by atoms with E-state index >= 15 is 0 Å². The fraction of sp³-hybridized carbons (Fsp3) is 0.400. The van der Waals surface area contributed by atoms with Gasteiger partial charge >= 0.3 is 0 Å². The van der Waals surface area contributed by atoms with Crippen molar-refractivity contribution in [2.24, 2.45) is 5.73 Å². The van der Waals surface area contributed by atoms with Crippen LogP contribution in [0, 0.1) is 0 Å². The molecule has 0 heterocycles. The Bertz CT molecular complexity index is 334. The van der Waals surface area contributed by atoms with Crippen LogP contribution in [0.4, 0.5) is 0 Å². The number of benzene rings is 1. The van der Waals surface area contributed by atoms with Crippen LogP contribution in [0.25, 0.3) is 0 Å². The largest absolute Gasteiger partial charge is 0.508 e. The van der Waals surface area contributed by atoms with Gasteiger partial charge in [0.05, 0.1) is 0 Å². The van der Waals surface area contributed by atoms with E-state index < -0.39 is 0 Å². The molecule has 2 nitrogen and oxygen atoms in total. The summed E-state index contributed by atoms with van der Waals surface area (Å²) in [5, 5.41) is 9.63. The zero-order valence-corrected chi connectivity index (χ0v) is 8.84. The van der Waals surface area contributed by atoms with Crippen LogP contribution in [0.15, 0.2) is 22.7 Å². The lowest BCUT2D eigenvalue weighted by Crippen LogP contribution is -2.43. The number of halogens is 1. The van der Waals surface area contributed by atoms with E-state index in [0.29, 0.717) is 5.75 Å². The van der Waals surface area contributed by atoms with E-state index in [1.165, 1.54) is 0 Å². The topological polar surface area (TPSA) is 46.2 Å². The van der Waals surface area contributed by atoms with E-state index in [-0.39, 0.29) is 5.54 Å². The number of hydrogen-bond acceptors (Lipinski definition) is 2. The number of nitrogens with two attached hydrogens (primary N) is 1. The first-order valence-electron chi connectivity index (χ1n) is 4.40. The van der Waals surface area contributed by atoms with Crippen LogP contribution >= 0.6 is 15.9 Å². The summed E-state index contributed by atoms with van der Waals surface area (Å²) in [4.78, 5) is 0. The van der Waals surface area contributed by atoms with Crippen molar-refractivity contribution in [3.63, 3.8) is 0 Å². The van der Waals surface area contributed by atoms with Crippen molar-refractivity contribution in [3.05, 3.63) is 28.2 Å². The Hall–Kier alpha value is -0.540. The highest BCUT2D eigenvalue weighted by Crippen LogP contribution is 2.43. The first-order valence-corrected chi connectivity index (χ1v) is 5.19. The van der Waals surface area contributed by atoms with Gasteiger partial charge in [0.2, 0.25) is 0 Å². The zero-order valence-electron chi connectivity index (χ0n) is 7.26. The monoisotopic (exact) mass is 241 g/mol. The predicted molar refractivity (Wildman–Crippen MR) is 55.5 cm³/mol. The summed E-state index contributed by atoms with van der Waals surface area (Å²) in [6.45, 7) is 0. The van der Waals surface area contributed by atoms with Gasteiger partial charge in [-0.3, -0.25) is 0 Å². The van der Waals surface area contributed by atoms with Crippen molar-refractivity contribution in [3.8, 4) is 5.75 Å². The summed E-state index contributed by atoms with van der Waals surface area (Å²) >= 11 is 3.38. The van der Waals surface area contributed by atoms with Crippen molar-refractivity contribution in [1.82, 2.24) is 0 Å². The molecule has 1 fully saturated rings. The van der Waals surface area contributed by atoms with E-state index in [1.807, 2.05) is 12.1 Å². The van der Waals surface area contributed by atoms with Gasteiger partial charge < -0.3 is 10.8 Å². The third kappa shape index (κ3) is 1.46. The molecule has 0 spiro atoms. The smallest absolute Gasteiger partial charge is 0.120 e. The van der Waals surface area contributed by atoms with Gasteiger partial charge in [-0.05, 0) is 37.5 Å². The van der Waals surface area contributed by atoms with E-state index in [4.69, 9.17) is 5.73 Å². The number of hydrogen-bond donors (Lipinski definition) is 2. The van der Waals surface area contributed by atoms with Gasteiger partial charge in [0.25, 0.3) is 0 Å². The first-order chi connectivity index (χ1) is 6.12. The van der Waals surface area contributed by atoms with Crippen LogP contribution in [0.1, 0.15) is 24.8 Å². The molecule has 0 radical (unpaired) electrons. The lowest BCUT2D eigenvalue weighted by molar-refractivity contribution is 0.245. The zero-order chi connectivity index (χ0) is 9.47. The molecule has 0 aliphatic heterocycles. The molecule has 0 saturated heterocycles. The van der Waals surface area contributed by atoms with E-state index in [1.54, 1.807) is 6.07 Å². The maximum absolute atomic E-state index is 9.63. The molecule has 2 rings (SSSR count). The van der Waals surface area contributed by atoms with Crippen molar-refractivity contribution in [2.45, 2.75) is 24.8 Å². The molecule has 0 aromatic heterocycles. The van der Waals surface area contributed by atoms with E-state index in [2.05, 4.69) is 15.9 Å². The minimum absolute atomic E-state index is 0.284. The Morgan fingerprint density at radius 3 is 2.62 bits per heavy atom. The Morgan fingerprint density at radius 2 is 2.08 bits per heavy atom. The lowest BCUT2D eigenvalue weighted by Gasteiger charge is -2.38. The van der Waals surface area contributed by atoms with Crippen molar-refractivity contribution in [2.75, 3.05) is 0 Å². The summed E-state index contributed by atoms with van der Waals surface area (Å²) in [6, 6.07) is 5.42. The maximum Gasteiger partial charge on any atom is 0.120 e. The molecule has 3 N–H and O–H groups in total. The highest BCUT2D eigenvalue weighted by molar-refractivity contribution is 9.10. The summed E-state index contributed by atoms with van der Waals surface area (Å²) in [5.41, 5.74) is 6.70. The highest BCUT2D eigenvalue weighted by atomic mass is 79.9. The predicted octanol–water partition coefficient (Wildman–Crippen LogP) is 2.49. The molecule has 1 aromatic carbocycles. The van der Waals surface area contributed by atoms with Crippen molar-refractivity contribution < 1.29 is 5.11 Å². The lowest BCUT2D eigenvalue weighted by atomic mass is 9.72. The molecule has 1 aliphatic carbocycles. The highest BCUT2D eigenvalue weighted by Gasteiger charge is 2.36. The summed E-state index contributed by atoms with van der Waals surface area (Å²) in [6.07, 6.45) is 3.09. The van der Waals surface area contributed by atoms with Crippen LogP contribution in [-0.4, -0.2) is 5.11 Å². The average molecular weight is 242 g/mol. The van der Waals surface area contributed by atoms with Gasteiger partial charge in [-0.1, -0.05) is 15.9 Å². The Morgan fingerprint density at radius 1 is 1.38 bits per heavy atom. The molecule has 3 heteroatoms. The Labute approximate surface area is 85.9 Å². The van der Waals surface area contributed by atoms with E-state index in [0.717, 1.165) is 29.3 Å². The molecule has 0 amide bonds. The second-order valence-corrected chi connectivity index (χ2v) is 4.59. The van der Waals surface area contributed by atoms with Crippen LogP contribution in [-0.2, 0) is 5.54 Å². The molecule has 13 heavy (non-hydrogen) atoms. The molecule has 1 aromatic rings. The Balaban J connectivity index is 2.43.